The zero-order valence-electron chi connectivity index (χ0n) is 13.3. The van der Waals surface area contributed by atoms with Crippen LogP contribution in [0.3, 0.4) is 0 Å². The van der Waals surface area contributed by atoms with E-state index >= 15 is 0 Å². The number of carbonyl (C=O) groups is 2. The molecule has 1 rings (SSSR count). The average Bonchev–Trinajstić information content (AvgIpc) is 2.44. The Balaban J connectivity index is 2.42. The first-order valence-corrected chi connectivity index (χ1v) is 7.70. The highest BCUT2D eigenvalue weighted by atomic mass is 16.5. The van der Waals surface area contributed by atoms with Gasteiger partial charge >= 0.3 is 12.0 Å². The Labute approximate surface area is 126 Å². The Bertz CT molecular complexity index is 363. The van der Waals surface area contributed by atoms with E-state index in [1.165, 1.54) is 0 Å². The summed E-state index contributed by atoms with van der Waals surface area (Å²) in [6.07, 6.45) is 4.16. The maximum Gasteiger partial charge on any atom is 0.314 e. The SMILES string of the molecule is CCOC(C)(C)CNC(=O)NCC1(C(=O)O)CCCCC1. The van der Waals surface area contributed by atoms with Crippen molar-refractivity contribution in [3.05, 3.63) is 0 Å². The van der Waals surface area contributed by atoms with Crippen LogP contribution in [0, 0.1) is 5.41 Å². The fourth-order valence-corrected chi connectivity index (χ4v) is 2.74. The van der Waals surface area contributed by atoms with Crippen LogP contribution in [-0.4, -0.2) is 42.4 Å². The molecule has 21 heavy (non-hydrogen) atoms. The van der Waals surface area contributed by atoms with Crippen LogP contribution in [0.25, 0.3) is 0 Å². The molecule has 0 heterocycles. The Hall–Kier alpha value is -1.30. The Morgan fingerprint density at radius 2 is 1.81 bits per heavy atom. The van der Waals surface area contributed by atoms with E-state index in [1.807, 2.05) is 20.8 Å². The van der Waals surface area contributed by atoms with Crippen LogP contribution in [0.2, 0.25) is 0 Å². The number of hydrogen-bond acceptors (Lipinski definition) is 3. The third-order valence-corrected chi connectivity index (χ3v) is 4.06. The molecule has 0 spiro atoms. The smallest absolute Gasteiger partial charge is 0.314 e. The molecule has 6 nitrogen and oxygen atoms in total. The number of hydrogen-bond donors (Lipinski definition) is 3. The van der Waals surface area contributed by atoms with Crippen molar-refractivity contribution in [1.29, 1.82) is 0 Å². The fraction of sp³-hybridized carbons (Fsp3) is 0.867. The molecule has 0 atom stereocenters. The van der Waals surface area contributed by atoms with E-state index < -0.39 is 17.0 Å². The molecule has 1 aliphatic carbocycles. The average molecular weight is 300 g/mol. The zero-order valence-corrected chi connectivity index (χ0v) is 13.3. The van der Waals surface area contributed by atoms with Gasteiger partial charge in [-0.05, 0) is 33.6 Å². The maximum absolute atomic E-state index is 11.8. The van der Waals surface area contributed by atoms with Crippen molar-refractivity contribution < 1.29 is 19.4 Å². The molecule has 1 saturated carbocycles. The second kappa shape index (κ2) is 7.64. The molecule has 2 amide bonds. The third kappa shape index (κ3) is 5.53. The summed E-state index contributed by atoms with van der Waals surface area (Å²) in [5, 5.41) is 14.9. The molecule has 0 aromatic carbocycles. The number of rotatable bonds is 7. The lowest BCUT2D eigenvalue weighted by Gasteiger charge is -2.33. The maximum atomic E-state index is 11.8. The molecular weight excluding hydrogens is 272 g/mol. The van der Waals surface area contributed by atoms with Gasteiger partial charge < -0.3 is 20.5 Å². The highest BCUT2D eigenvalue weighted by Crippen LogP contribution is 2.35. The summed E-state index contributed by atoms with van der Waals surface area (Å²) in [5.41, 5.74) is -1.23. The van der Waals surface area contributed by atoms with Gasteiger partial charge in [-0.25, -0.2) is 4.79 Å². The van der Waals surface area contributed by atoms with Crippen molar-refractivity contribution >= 4 is 12.0 Å². The molecule has 0 aromatic rings. The highest BCUT2D eigenvalue weighted by Gasteiger charge is 2.39. The lowest BCUT2D eigenvalue weighted by atomic mass is 9.74. The second-order valence-electron chi connectivity index (χ2n) is 6.38. The Kier molecular flexibility index (Phi) is 6.45. The molecule has 0 bridgehead atoms. The van der Waals surface area contributed by atoms with E-state index in [2.05, 4.69) is 10.6 Å². The van der Waals surface area contributed by atoms with Gasteiger partial charge in [-0.3, -0.25) is 4.79 Å². The molecule has 0 aliphatic heterocycles. The number of carboxylic acid groups (broad SMARTS) is 1. The summed E-state index contributed by atoms with van der Waals surface area (Å²) in [5.74, 6) is -0.808. The monoisotopic (exact) mass is 300 g/mol. The predicted molar refractivity (Wildman–Crippen MR) is 80.3 cm³/mol. The van der Waals surface area contributed by atoms with Crippen molar-refractivity contribution in [2.75, 3.05) is 19.7 Å². The van der Waals surface area contributed by atoms with E-state index in [-0.39, 0.29) is 12.6 Å². The van der Waals surface area contributed by atoms with Gasteiger partial charge in [-0.15, -0.1) is 0 Å². The van der Waals surface area contributed by atoms with Gasteiger partial charge in [0.05, 0.1) is 11.0 Å². The molecule has 0 radical (unpaired) electrons. The molecule has 6 heteroatoms. The molecule has 122 valence electrons. The van der Waals surface area contributed by atoms with Gasteiger partial charge in [0.25, 0.3) is 0 Å². The molecular formula is C15H28N2O4. The first kappa shape index (κ1) is 17.8. The van der Waals surface area contributed by atoms with Gasteiger partial charge in [-0.2, -0.15) is 0 Å². The first-order chi connectivity index (χ1) is 9.81. The van der Waals surface area contributed by atoms with Crippen LogP contribution in [0.5, 0.6) is 0 Å². The fourth-order valence-electron chi connectivity index (χ4n) is 2.74. The lowest BCUT2D eigenvalue weighted by molar-refractivity contribution is -0.150. The summed E-state index contributed by atoms with van der Waals surface area (Å²) in [4.78, 5) is 23.3. The molecule has 0 saturated heterocycles. The van der Waals surface area contributed by atoms with Crippen molar-refractivity contribution in [2.24, 2.45) is 5.41 Å². The summed E-state index contributed by atoms with van der Waals surface area (Å²) in [7, 11) is 0. The van der Waals surface area contributed by atoms with Gasteiger partial charge in [0.15, 0.2) is 0 Å². The molecule has 3 N–H and O–H groups in total. The van der Waals surface area contributed by atoms with E-state index in [9.17, 15) is 14.7 Å². The Morgan fingerprint density at radius 3 is 2.33 bits per heavy atom. The number of carbonyl (C=O) groups excluding carboxylic acids is 1. The van der Waals surface area contributed by atoms with Gasteiger partial charge in [0.2, 0.25) is 0 Å². The number of aliphatic carboxylic acids is 1. The third-order valence-electron chi connectivity index (χ3n) is 4.06. The number of nitrogens with one attached hydrogen (secondary N) is 2. The predicted octanol–water partition coefficient (Wildman–Crippen LogP) is 2.14. The van der Waals surface area contributed by atoms with Crippen LogP contribution < -0.4 is 10.6 Å². The van der Waals surface area contributed by atoms with E-state index in [1.54, 1.807) is 0 Å². The minimum atomic E-state index is -0.808. The van der Waals surface area contributed by atoms with Gasteiger partial charge in [-0.1, -0.05) is 19.3 Å². The molecule has 0 aromatic heterocycles. The number of carboxylic acids is 1. The van der Waals surface area contributed by atoms with Crippen LogP contribution in [-0.2, 0) is 9.53 Å². The molecule has 1 fully saturated rings. The van der Waals surface area contributed by atoms with Crippen molar-refractivity contribution in [2.45, 2.75) is 58.5 Å². The lowest BCUT2D eigenvalue weighted by Crippen LogP contribution is -2.49. The summed E-state index contributed by atoms with van der Waals surface area (Å²) >= 11 is 0. The highest BCUT2D eigenvalue weighted by molar-refractivity contribution is 5.78. The van der Waals surface area contributed by atoms with Crippen LogP contribution in [0.1, 0.15) is 52.9 Å². The number of ether oxygens (including phenoxy) is 1. The number of urea groups is 1. The van der Waals surface area contributed by atoms with Crippen LogP contribution in [0.15, 0.2) is 0 Å². The zero-order chi connectivity index (χ0) is 15.9. The second-order valence-corrected chi connectivity index (χ2v) is 6.38. The molecule has 1 aliphatic rings. The van der Waals surface area contributed by atoms with Crippen molar-refractivity contribution in [3.63, 3.8) is 0 Å². The quantitative estimate of drug-likeness (QED) is 0.672. The minimum absolute atomic E-state index is 0.184. The Morgan fingerprint density at radius 1 is 1.19 bits per heavy atom. The van der Waals surface area contributed by atoms with E-state index in [0.29, 0.717) is 26.0 Å². The van der Waals surface area contributed by atoms with Gasteiger partial charge in [0.1, 0.15) is 0 Å². The molecule has 0 unspecified atom stereocenters. The summed E-state index contributed by atoms with van der Waals surface area (Å²) < 4.78 is 5.50. The summed E-state index contributed by atoms with van der Waals surface area (Å²) in [6, 6.07) is -0.339. The van der Waals surface area contributed by atoms with E-state index in [4.69, 9.17) is 4.74 Å². The van der Waals surface area contributed by atoms with E-state index in [0.717, 1.165) is 19.3 Å². The van der Waals surface area contributed by atoms with Crippen LogP contribution >= 0.6 is 0 Å². The van der Waals surface area contributed by atoms with Gasteiger partial charge in [0, 0.05) is 19.7 Å². The van der Waals surface area contributed by atoms with Crippen LogP contribution in [0.4, 0.5) is 4.79 Å². The normalized spacial score (nSPS) is 18.0. The van der Waals surface area contributed by atoms with Crippen molar-refractivity contribution in [1.82, 2.24) is 10.6 Å². The summed E-state index contributed by atoms with van der Waals surface area (Å²) in [6.45, 7) is 6.85. The van der Waals surface area contributed by atoms with Crippen molar-refractivity contribution in [3.8, 4) is 0 Å². The standard InChI is InChI=1S/C15H28N2O4/c1-4-21-14(2,3)10-16-13(20)17-11-15(12(18)19)8-6-5-7-9-15/h4-11H2,1-3H3,(H,18,19)(H2,16,17,20). The number of amides is 2. The topological polar surface area (TPSA) is 87.7 Å². The minimum Gasteiger partial charge on any atom is -0.481 e. The first-order valence-electron chi connectivity index (χ1n) is 7.70. The largest absolute Gasteiger partial charge is 0.481 e.